The van der Waals surface area contributed by atoms with Crippen LogP contribution in [-0.4, -0.2) is 89.2 Å². The number of unbranched alkanes of at least 4 members (excludes halogenated alkanes) is 33. The van der Waals surface area contributed by atoms with Crippen molar-refractivity contribution in [2.75, 3.05) is 13.2 Å². The predicted molar refractivity (Wildman–Crippen MR) is 303 cm³/mol. The number of esters is 3. The molecule has 0 aromatic rings. The summed E-state index contributed by atoms with van der Waals surface area (Å²) in [6.07, 6.45) is 48.2. The summed E-state index contributed by atoms with van der Waals surface area (Å²) >= 11 is 0. The third-order valence-electron chi connectivity index (χ3n) is 14.2. The standard InChI is InChI=1S/C63H112O12/c1-4-7-10-13-16-19-22-25-27-28-30-33-36-39-42-45-48-51-57(66)74-61-59(68)58(67)60(62(69)70)75-63(61)72-53-54(73-56(65)50-47-44-41-38-35-31-24-21-18-15-12-9-6-3)52-71-55(64)49-46-43-40-37-34-32-29-26-23-20-17-14-11-8-5-2/h17,20,25-27,29,54,58-61,63,67-68H,4-16,18-19,21-24,28,30-53H2,1-3H3,(H,69,70)/b20-17-,27-25-,29-26-. The molecule has 1 fully saturated rings. The molecule has 436 valence electrons. The lowest BCUT2D eigenvalue weighted by molar-refractivity contribution is -0.301. The fourth-order valence-electron chi connectivity index (χ4n) is 9.39. The Morgan fingerprint density at radius 3 is 1.24 bits per heavy atom. The van der Waals surface area contributed by atoms with Crippen molar-refractivity contribution < 1.29 is 58.2 Å². The highest BCUT2D eigenvalue weighted by atomic mass is 16.7. The van der Waals surface area contributed by atoms with Crippen LogP contribution in [0.25, 0.3) is 0 Å². The van der Waals surface area contributed by atoms with Crippen LogP contribution in [0.15, 0.2) is 36.5 Å². The number of hydrogen-bond donors (Lipinski definition) is 3. The Kier molecular flexibility index (Phi) is 48.2. The van der Waals surface area contributed by atoms with Crippen molar-refractivity contribution in [2.45, 2.75) is 327 Å². The van der Waals surface area contributed by atoms with Crippen LogP contribution in [0, 0.1) is 0 Å². The lowest BCUT2D eigenvalue weighted by Gasteiger charge is -2.40. The molecule has 0 aromatic heterocycles. The van der Waals surface area contributed by atoms with Crippen molar-refractivity contribution in [3.63, 3.8) is 0 Å². The molecule has 1 saturated heterocycles. The van der Waals surface area contributed by atoms with Gasteiger partial charge in [-0.05, 0) is 77.0 Å². The molecule has 75 heavy (non-hydrogen) atoms. The minimum atomic E-state index is -1.90. The number of carboxylic acids is 1. The molecule has 1 heterocycles. The third kappa shape index (κ3) is 41.7. The monoisotopic (exact) mass is 1060 g/mol. The molecular formula is C63H112O12. The Balaban J connectivity index is 2.67. The summed E-state index contributed by atoms with van der Waals surface area (Å²) in [4.78, 5) is 51.2. The van der Waals surface area contributed by atoms with Gasteiger partial charge in [-0.1, -0.05) is 231 Å². The van der Waals surface area contributed by atoms with Crippen molar-refractivity contribution >= 4 is 23.9 Å². The molecule has 3 N–H and O–H groups in total. The second kappa shape index (κ2) is 51.7. The molecule has 0 radical (unpaired) electrons. The van der Waals surface area contributed by atoms with Gasteiger partial charge in [0, 0.05) is 19.3 Å². The van der Waals surface area contributed by atoms with E-state index in [0.717, 1.165) is 96.3 Å². The minimum Gasteiger partial charge on any atom is -0.479 e. The summed E-state index contributed by atoms with van der Waals surface area (Å²) in [5, 5.41) is 31.5. The van der Waals surface area contributed by atoms with E-state index in [0.29, 0.717) is 19.3 Å². The number of allylic oxidation sites excluding steroid dienone is 6. The van der Waals surface area contributed by atoms with Crippen LogP contribution in [-0.2, 0) is 42.9 Å². The smallest absolute Gasteiger partial charge is 0.335 e. The zero-order valence-electron chi connectivity index (χ0n) is 48.1. The van der Waals surface area contributed by atoms with Crippen LogP contribution in [0.1, 0.15) is 290 Å². The SMILES string of the molecule is CCCCC/C=C\C/C=C\CCCCCCCC(=O)OCC(COC1OC(C(=O)O)C(O)C(O)C1OC(=O)CCCCCCCCC/C=C\CCCCCCCC)OC(=O)CCCCCCCCCCCCCCC. The first-order valence-corrected chi connectivity index (χ1v) is 31.0. The number of rotatable bonds is 53. The van der Waals surface area contributed by atoms with Crippen LogP contribution in [0.5, 0.6) is 0 Å². The van der Waals surface area contributed by atoms with Gasteiger partial charge in [0.05, 0.1) is 6.61 Å². The number of ether oxygens (including phenoxy) is 5. The zero-order valence-corrected chi connectivity index (χ0v) is 48.1. The summed E-state index contributed by atoms with van der Waals surface area (Å²) in [7, 11) is 0. The summed E-state index contributed by atoms with van der Waals surface area (Å²) in [5.74, 6) is -3.12. The van der Waals surface area contributed by atoms with Gasteiger partial charge in [0.25, 0.3) is 0 Å². The van der Waals surface area contributed by atoms with Gasteiger partial charge in [-0.2, -0.15) is 0 Å². The summed E-state index contributed by atoms with van der Waals surface area (Å²) in [6.45, 7) is 5.98. The van der Waals surface area contributed by atoms with Gasteiger partial charge in [-0.15, -0.1) is 0 Å². The minimum absolute atomic E-state index is 0.0574. The Hall–Kier alpha value is -3.06. The number of aliphatic hydroxyl groups is 2. The highest BCUT2D eigenvalue weighted by Crippen LogP contribution is 2.27. The lowest BCUT2D eigenvalue weighted by atomic mass is 9.98. The fourth-order valence-corrected chi connectivity index (χ4v) is 9.39. The largest absolute Gasteiger partial charge is 0.479 e. The molecule has 0 bridgehead atoms. The third-order valence-corrected chi connectivity index (χ3v) is 14.2. The van der Waals surface area contributed by atoms with Gasteiger partial charge in [0.15, 0.2) is 24.6 Å². The first kappa shape index (κ1) is 70.0. The quantitative estimate of drug-likeness (QED) is 0.0228. The molecular weight excluding hydrogens is 949 g/mol. The molecule has 0 aliphatic carbocycles. The van der Waals surface area contributed by atoms with Gasteiger partial charge >= 0.3 is 23.9 Å². The van der Waals surface area contributed by atoms with E-state index in [1.54, 1.807) is 0 Å². The Labute approximate surface area is 457 Å². The molecule has 1 rings (SSSR count). The summed E-state index contributed by atoms with van der Waals surface area (Å²) < 4.78 is 28.5. The average Bonchev–Trinajstić information content (AvgIpc) is 3.39. The maximum atomic E-state index is 13.1. The van der Waals surface area contributed by atoms with Crippen LogP contribution in [0.2, 0.25) is 0 Å². The molecule has 1 aliphatic heterocycles. The first-order valence-electron chi connectivity index (χ1n) is 31.0. The molecule has 1 aliphatic rings. The summed E-state index contributed by atoms with van der Waals surface area (Å²) in [6, 6.07) is 0. The van der Waals surface area contributed by atoms with Gasteiger partial charge in [0.1, 0.15) is 18.8 Å². The van der Waals surface area contributed by atoms with Crippen molar-refractivity contribution in [3.05, 3.63) is 36.5 Å². The Morgan fingerprint density at radius 2 is 0.800 bits per heavy atom. The van der Waals surface area contributed by atoms with E-state index in [-0.39, 0.29) is 25.9 Å². The number of carbonyl (C=O) groups is 4. The van der Waals surface area contributed by atoms with E-state index in [1.807, 2.05) is 0 Å². The number of hydrogen-bond acceptors (Lipinski definition) is 11. The number of aliphatic carboxylic acids is 1. The van der Waals surface area contributed by atoms with Gasteiger partial charge < -0.3 is 39.0 Å². The molecule has 6 unspecified atom stereocenters. The van der Waals surface area contributed by atoms with Crippen molar-refractivity contribution in [1.82, 2.24) is 0 Å². The first-order chi connectivity index (χ1) is 36.6. The molecule has 0 saturated carbocycles. The van der Waals surface area contributed by atoms with Crippen molar-refractivity contribution in [2.24, 2.45) is 0 Å². The molecule has 0 amide bonds. The topological polar surface area (TPSA) is 175 Å². The van der Waals surface area contributed by atoms with Gasteiger partial charge in [-0.3, -0.25) is 14.4 Å². The predicted octanol–water partition coefficient (Wildman–Crippen LogP) is 16.0. The van der Waals surface area contributed by atoms with Gasteiger partial charge in [0.2, 0.25) is 0 Å². The van der Waals surface area contributed by atoms with Crippen LogP contribution in [0.3, 0.4) is 0 Å². The molecule has 0 aromatic carbocycles. The second-order valence-electron chi connectivity index (χ2n) is 21.3. The van der Waals surface area contributed by atoms with E-state index in [4.69, 9.17) is 23.7 Å². The maximum Gasteiger partial charge on any atom is 0.335 e. The van der Waals surface area contributed by atoms with Gasteiger partial charge in [-0.25, -0.2) is 4.79 Å². The molecule has 6 atom stereocenters. The second-order valence-corrected chi connectivity index (χ2v) is 21.3. The maximum absolute atomic E-state index is 13.1. The van der Waals surface area contributed by atoms with E-state index in [2.05, 4.69) is 57.2 Å². The highest BCUT2D eigenvalue weighted by molar-refractivity contribution is 5.74. The van der Waals surface area contributed by atoms with Crippen LogP contribution >= 0.6 is 0 Å². The van der Waals surface area contributed by atoms with E-state index >= 15 is 0 Å². The number of carbonyl (C=O) groups excluding carboxylic acids is 3. The highest BCUT2D eigenvalue weighted by Gasteiger charge is 2.50. The normalized spacial score (nSPS) is 18.3. The van der Waals surface area contributed by atoms with E-state index in [9.17, 15) is 34.5 Å². The Morgan fingerprint density at radius 1 is 0.440 bits per heavy atom. The molecule has 12 heteroatoms. The van der Waals surface area contributed by atoms with E-state index in [1.165, 1.54) is 135 Å². The number of carboxylic acid groups (broad SMARTS) is 1. The van der Waals surface area contributed by atoms with Crippen LogP contribution in [0.4, 0.5) is 0 Å². The zero-order chi connectivity index (χ0) is 54.7. The number of aliphatic hydroxyl groups excluding tert-OH is 2. The van der Waals surface area contributed by atoms with Crippen LogP contribution < -0.4 is 0 Å². The average molecular weight is 1060 g/mol. The molecule has 12 nitrogen and oxygen atoms in total. The summed E-state index contributed by atoms with van der Waals surface area (Å²) in [5.41, 5.74) is 0. The van der Waals surface area contributed by atoms with Crippen molar-refractivity contribution in [1.29, 1.82) is 0 Å². The van der Waals surface area contributed by atoms with E-state index < -0.39 is 67.3 Å². The fraction of sp³-hybridized carbons (Fsp3) is 0.841. The Bertz CT molecular complexity index is 1450. The lowest BCUT2D eigenvalue weighted by Crippen LogP contribution is -2.61. The van der Waals surface area contributed by atoms with Crippen molar-refractivity contribution in [3.8, 4) is 0 Å². The molecule has 0 spiro atoms.